The van der Waals surface area contributed by atoms with Gasteiger partial charge in [-0.15, -0.1) is 0 Å². The molecule has 0 saturated carbocycles. The zero-order valence-electron chi connectivity index (χ0n) is 13.8. The second-order valence-electron chi connectivity index (χ2n) is 5.76. The molecule has 126 valence electrons. The van der Waals surface area contributed by atoms with E-state index in [1.807, 2.05) is 54.3 Å². The van der Waals surface area contributed by atoms with Gasteiger partial charge >= 0.3 is 0 Å². The molecule has 0 saturated heterocycles. The Kier molecular flexibility index (Phi) is 4.89. The van der Waals surface area contributed by atoms with Crippen molar-refractivity contribution in [2.24, 2.45) is 0 Å². The number of hydrogen-bond donors (Lipinski definition) is 1. The third-order valence-electron chi connectivity index (χ3n) is 4.10. The predicted molar refractivity (Wildman–Crippen MR) is 93.1 cm³/mol. The molecule has 2 aromatic carbocycles. The fourth-order valence-corrected chi connectivity index (χ4v) is 2.86. The van der Waals surface area contributed by atoms with E-state index in [-0.39, 0.29) is 12.5 Å². The van der Waals surface area contributed by atoms with Crippen molar-refractivity contribution in [3.8, 4) is 11.5 Å². The van der Waals surface area contributed by atoms with Crippen molar-refractivity contribution in [2.75, 3.05) is 25.5 Å². The second-order valence-corrected chi connectivity index (χ2v) is 5.76. The maximum Gasteiger partial charge on any atom is 0.260 e. The smallest absolute Gasteiger partial charge is 0.260 e. The van der Waals surface area contributed by atoms with Crippen LogP contribution in [0.4, 0.5) is 5.69 Å². The lowest BCUT2D eigenvalue weighted by Crippen LogP contribution is -2.38. The Bertz CT molecular complexity index is 730. The zero-order chi connectivity index (χ0) is 16.9. The molecule has 0 aliphatic carbocycles. The van der Waals surface area contributed by atoms with Gasteiger partial charge < -0.3 is 20.1 Å². The predicted octanol–water partition coefficient (Wildman–Crippen LogP) is 2.63. The van der Waals surface area contributed by atoms with Crippen LogP contribution in [0.5, 0.6) is 11.5 Å². The van der Waals surface area contributed by atoms with Crippen LogP contribution in [0.15, 0.2) is 42.5 Å². The highest BCUT2D eigenvalue weighted by molar-refractivity contribution is 5.78. The summed E-state index contributed by atoms with van der Waals surface area (Å²) in [4.78, 5) is 14.3. The van der Waals surface area contributed by atoms with E-state index in [0.29, 0.717) is 31.2 Å². The highest BCUT2D eigenvalue weighted by atomic mass is 16.5. The first-order chi connectivity index (χ1) is 11.7. The molecule has 0 bridgehead atoms. The Hall–Kier alpha value is -2.69. The van der Waals surface area contributed by atoms with Gasteiger partial charge in [0.05, 0.1) is 6.61 Å². The average molecular weight is 326 g/mol. The van der Waals surface area contributed by atoms with Crippen LogP contribution in [0.2, 0.25) is 0 Å². The third kappa shape index (κ3) is 3.62. The molecule has 3 rings (SSSR count). The zero-order valence-corrected chi connectivity index (χ0v) is 13.8. The molecule has 0 atom stereocenters. The first kappa shape index (κ1) is 16.2. The lowest BCUT2D eigenvalue weighted by atomic mass is 9.99. The van der Waals surface area contributed by atoms with Crippen molar-refractivity contribution in [2.45, 2.75) is 19.9 Å². The van der Waals surface area contributed by atoms with Gasteiger partial charge in [0.25, 0.3) is 5.91 Å². The van der Waals surface area contributed by atoms with E-state index in [0.717, 1.165) is 17.7 Å². The molecular formula is C19H22N2O3. The third-order valence-corrected chi connectivity index (χ3v) is 4.10. The number of hydrogen-bond acceptors (Lipinski definition) is 4. The summed E-state index contributed by atoms with van der Waals surface area (Å²) >= 11 is 0. The van der Waals surface area contributed by atoms with E-state index in [4.69, 9.17) is 15.2 Å². The molecule has 1 aliphatic rings. The molecule has 1 amide bonds. The van der Waals surface area contributed by atoms with E-state index in [1.165, 1.54) is 5.56 Å². The summed E-state index contributed by atoms with van der Waals surface area (Å²) in [7, 11) is 0. The van der Waals surface area contributed by atoms with Gasteiger partial charge in [-0.25, -0.2) is 0 Å². The second kappa shape index (κ2) is 7.25. The van der Waals surface area contributed by atoms with Crippen LogP contribution in [0, 0.1) is 0 Å². The molecule has 0 unspecified atom stereocenters. The van der Waals surface area contributed by atoms with Crippen molar-refractivity contribution >= 4 is 11.6 Å². The largest absolute Gasteiger partial charge is 0.490 e. The maximum absolute atomic E-state index is 12.5. The van der Waals surface area contributed by atoms with Gasteiger partial charge in [0.1, 0.15) is 0 Å². The molecule has 24 heavy (non-hydrogen) atoms. The van der Waals surface area contributed by atoms with Crippen LogP contribution in [-0.4, -0.2) is 30.6 Å². The summed E-state index contributed by atoms with van der Waals surface area (Å²) in [5, 5.41) is 0. The number of para-hydroxylation sites is 2. The summed E-state index contributed by atoms with van der Waals surface area (Å²) in [6.07, 6.45) is 0.844. The standard InChI is InChI=1S/C19H22N2O3/c1-2-23-17-5-3-4-6-18(17)24-13-19(22)21-10-9-14-7-8-16(20)11-15(14)12-21/h3-8,11H,2,9-10,12-13,20H2,1H3. The number of anilines is 1. The molecule has 0 fully saturated rings. The van der Waals surface area contributed by atoms with Gasteiger partial charge in [0.2, 0.25) is 0 Å². The quantitative estimate of drug-likeness (QED) is 0.858. The monoisotopic (exact) mass is 326 g/mol. The number of benzene rings is 2. The highest BCUT2D eigenvalue weighted by Gasteiger charge is 2.21. The molecule has 5 heteroatoms. The van der Waals surface area contributed by atoms with Crippen molar-refractivity contribution in [3.05, 3.63) is 53.6 Å². The molecule has 2 N–H and O–H groups in total. The average Bonchev–Trinajstić information content (AvgIpc) is 2.60. The summed E-state index contributed by atoms with van der Waals surface area (Å²) < 4.78 is 11.2. The minimum absolute atomic E-state index is 0.00172. The minimum atomic E-state index is -0.0330. The van der Waals surface area contributed by atoms with E-state index in [1.54, 1.807) is 0 Å². The highest BCUT2D eigenvalue weighted by Crippen LogP contribution is 2.27. The number of amides is 1. The fourth-order valence-electron chi connectivity index (χ4n) is 2.86. The summed E-state index contributed by atoms with van der Waals surface area (Å²) in [5.74, 6) is 1.22. The SMILES string of the molecule is CCOc1ccccc1OCC(=O)N1CCc2ccc(N)cc2C1. The maximum atomic E-state index is 12.5. The summed E-state index contributed by atoms with van der Waals surface area (Å²) in [6, 6.07) is 13.3. The molecule has 2 aromatic rings. The van der Waals surface area contributed by atoms with Crippen LogP contribution in [-0.2, 0) is 17.8 Å². The molecule has 0 radical (unpaired) electrons. The van der Waals surface area contributed by atoms with Crippen LogP contribution >= 0.6 is 0 Å². The van der Waals surface area contributed by atoms with Crippen molar-refractivity contribution in [3.63, 3.8) is 0 Å². The van der Waals surface area contributed by atoms with Gasteiger partial charge in [-0.1, -0.05) is 18.2 Å². The summed E-state index contributed by atoms with van der Waals surface area (Å²) in [6.45, 7) is 3.75. The number of rotatable bonds is 5. The normalized spacial score (nSPS) is 13.3. The van der Waals surface area contributed by atoms with E-state index in [2.05, 4.69) is 0 Å². The van der Waals surface area contributed by atoms with Crippen LogP contribution in [0.3, 0.4) is 0 Å². The summed E-state index contributed by atoms with van der Waals surface area (Å²) in [5.41, 5.74) is 8.94. The van der Waals surface area contributed by atoms with Crippen LogP contribution in [0.1, 0.15) is 18.1 Å². The van der Waals surface area contributed by atoms with Crippen LogP contribution < -0.4 is 15.2 Å². The lowest BCUT2D eigenvalue weighted by Gasteiger charge is -2.29. The van der Waals surface area contributed by atoms with Gasteiger partial charge in [0.15, 0.2) is 18.1 Å². The van der Waals surface area contributed by atoms with Crippen molar-refractivity contribution < 1.29 is 14.3 Å². The Morgan fingerprint density at radius 2 is 1.88 bits per heavy atom. The lowest BCUT2D eigenvalue weighted by molar-refractivity contribution is -0.134. The number of ether oxygens (including phenoxy) is 2. The topological polar surface area (TPSA) is 64.8 Å². The Balaban J connectivity index is 1.62. The number of fused-ring (bicyclic) bond motifs is 1. The molecule has 0 aromatic heterocycles. The van der Waals surface area contributed by atoms with Gasteiger partial charge in [0, 0.05) is 18.8 Å². The molecule has 5 nitrogen and oxygen atoms in total. The molecule has 1 heterocycles. The molecule has 1 aliphatic heterocycles. The van der Waals surface area contributed by atoms with Gasteiger partial charge in [-0.3, -0.25) is 4.79 Å². The number of carbonyl (C=O) groups excluding carboxylic acids is 1. The van der Waals surface area contributed by atoms with E-state index < -0.39 is 0 Å². The number of nitrogens with two attached hydrogens (primary N) is 1. The van der Waals surface area contributed by atoms with Crippen LogP contribution in [0.25, 0.3) is 0 Å². The van der Waals surface area contributed by atoms with Crippen molar-refractivity contribution in [1.29, 1.82) is 0 Å². The number of nitrogens with zero attached hydrogens (tertiary/aromatic N) is 1. The van der Waals surface area contributed by atoms with Gasteiger partial charge in [-0.2, -0.15) is 0 Å². The number of nitrogen functional groups attached to an aromatic ring is 1. The fraction of sp³-hybridized carbons (Fsp3) is 0.316. The van der Waals surface area contributed by atoms with Crippen molar-refractivity contribution in [1.82, 2.24) is 4.90 Å². The van der Waals surface area contributed by atoms with E-state index >= 15 is 0 Å². The Labute approximate surface area is 142 Å². The first-order valence-electron chi connectivity index (χ1n) is 8.17. The molecular weight excluding hydrogens is 304 g/mol. The van der Waals surface area contributed by atoms with Gasteiger partial charge in [-0.05, 0) is 48.7 Å². The number of carbonyl (C=O) groups is 1. The minimum Gasteiger partial charge on any atom is -0.490 e. The molecule has 0 spiro atoms. The Morgan fingerprint density at radius 3 is 2.62 bits per heavy atom. The first-order valence-corrected chi connectivity index (χ1v) is 8.17. The Morgan fingerprint density at radius 1 is 1.12 bits per heavy atom. The van der Waals surface area contributed by atoms with E-state index in [9.17, 15) is 4.79 Å².